The highest BCUT2D eigenvalue weighted by atomic mass is 19.1. The van der Waals surface area contributed by atoms with E-state index in [2.05, 4.69) is 0 Å². The van der Waals surface area contributed by atoms with Gasteiger partial charge in [0, 0.05) is 19.2 Å². The second kappa shape index (κ2) is 2.69. The van der Waals surface area contributed by atoms with Crippen LogP contribution in [0.1, 0.15) is 6.42 Å². The Hall–Kier alpha value is -1.12. The maximum Gasteiger partial charge on any atom is 0.146 e. The van der Waals surface area contributed by atoms with Gasteiger partial charge in [-0.3, -0.25) is 0 Å². The molecular formula is C11H11F2N. The Kier molecular flexibility index (Phi) is 1.58. The van der Waals surface area contributed by atoms with Gasteiger partial charge in [0.25, 0.3) is 0 Å². The molecule has 1 aliphatic carbocycles. The molecule has 1 aromatic carbocycles. The van der Waals surface area contributed by atoms with Gasteiger partial charge in [-0.2, -0.15) is 0 Å². The van der Waals surface area contributed by atoms with Crippen LogP contribution in [0.25, 0.3) is 0 Å². The molecule has 0 N–H and O–H groups in total. The van der Waals surface area contributed by atoms with E-state index < -0.39 is 0 Å². The monoisotopic (exact) mass is 195 g/mol. The molecule has 1 heterocycles. The largest absolute Gasteiger partial charge is 0.369 e. The summed E-state index contributed by atoms with van der Waals surface area (Å²) in [7, 11) is 0. The molecule has 1 saturated heterocycles. The van der Waals surface area contributed by atoms with Crippen LogP contribution in [0.15, 0.2) is 18.2 Å². The third-order valence-corrected chi connectivity index (χ3v) is 3.23. The maximum atomic E-state index is 13.4. The van der Waals surface area contributed by atoms with Crippen LogP contribution < -0.4 is 4.90 Å². The summed E-state index contributed by atoms with van der Waals surface area (Å²) in [5.41, 5.74) is 0.428. The first-order chi connectivity index (χ1) is 6.74. The molecule has 3 heteroatoms. The van der Waals surface area contributed by atoms with Crippen molar-refractivity contribution in [1.29, 1.82) is 0 Å². The van der Waals surface area contributed by atoms with Crippen LogP contribution >= 0.6 is 0 Å². The van der Waals surface area contributed by atoms with Crippen LogP contribution in [0.4, 0.5) is 14.5 Å². The quantitative estimate of drug-likeness (QED) is 0.665. The summed E-state index contributed by atoms with van der Waals surface area (Å²) in [4.78, 5) is 1.96. The van der Waals surface area contributed by atoms with Gasteiger partial charge in [-0.15, -0.1) is 0 Å². The summed E-state index contributed by atoms with van der Waals surface area (Å²) in [5.74, 6) is 0.796. The molecule has 0 radical (unpaired) electrons. The first-order valence-electron chi connectivity index (χ1n) is 4.94. The van der Waals surface area contributed by atoms with Crippen molar-refractivity contribution in [2.75, 3.05) is 18.0 Å². The van der Waals surface area contributed by atoms with Crippen molar-refractivity contribution in [2.45, 2.75) is 6.42 Å². The number of hydrogen-bond donors (Lipinski definition) is 0. The molecule has 0 aromatic heterocycles. The summed E-state index contributed by atoms with van der Waals surface area (Å²) in [6.45, 7) is 1.79. The number of halogens is 2. The molecular weight excluding hydrogens is 184 g/mol. The molecule has 74 valence electrons. The number of piperidine rings is 1. The lowest BCUT2D eigenvalue weighted by molar-refractivity contribution is 0.594. The van der Waals surface area contributed by atoms with Gasteiger partial charge in [0.2, 0.25) is 0 Å². The van der Waals surface area contributed by atoms with Crippen LogP contribution in [0, 0.1) is 23.5 Å². The predicted molar refractivity (Wildman–Crippen MR) is 50.2 cm³/mol. The number of fused-ring (bicyclic) bond motifs is 1. The number of benzene rings is 1. The second-order valence-corrected chi connectivity index (χ2v) is 4.26. The van der Waals surface area contributed by atoms with E-state index in [0.717, 1.165) is 31.0 Å². The summed E-state index contributed by atoms with van der Waals surface area (Å²) in [6, 6.07) is 3.66. The van der Waals surface area contributed by atoms with Crippen molar-refractivity contribution < 1.29 is 8.78 Å². The van der Waals surface area contributed by atoms with Gasteiger partial charge in [-0.05, 0) is 30.4 Å². The topological polar surface area (TPSA) is 3.24 Å². The van der Waals surface area contributed by atoms with Crippen molar-refractivity contribution >= 4 is 5.69 Å². The molecule has 1 aromatic rings. The van der Waals surface area contributed by atoms with Crippen LogP contribution in [0.5, 0.6) is 0 Å². The van der Waals surface area contributed by atoms with E-state index >= 15 is 0 Å². The molecule has 1 nitrogen and oxygen atoms in total. The van der Waals surface area contributed by atoms with Crippen LogP contribution in [0.2, 0.25) is 0 Å². The summed E-state index contributed by atoms with van der Waals surface area (Å²) in [5, 5.41) is 0. The molecule has 1 saturated carbocycles. The molecule has 0 amide bonds. The average Bonchev–Trinajstić information content (AvgIpc) is 2.78. The zero-order chi connectivity index (χ0) is 9.71. The SMILES string of the molecule is Fc1ccc(F)c(N2C[C@H]3C[C@H]3C2)c1. The van der Waals surface area contributed by atoms with Crippen molar-refractivity contribution in [3.8, 4) is 0 Å². The lowest BCUT2D eigenvalue weighted by atomic mass is 10.2. The number of nitrogens with zero attached hydrogens (tertiary/aromatic N) is 1. The van der Waals surface area contributed by atoms with E-state index in [1.54, 1.807) is 0 Å². The molecule has 2 aliphatic rings. The lowest BCUT2D eigenvalue weighted by Gasteiger charge is -2.20. The average molecular weight is 195 g/mol. The lowest BCUT2D eigenvalue weighted by Crippen LogP contribution is -2.22. The van der Waals surface area contributed by atoms with E-state index in [-0.39, 0.29) is 11.6 Å². The molecule has 2 atom stereocenters. The Morgan fingerprint density at radius 3 is 2.57 bits per heavy atom. The standard InChI is InChI=1S/C11H11F2N/c12-9-1-2-10(13)11(4-9)14-5-7-3-8(7)6-14/h1-2,4,7-8H,3,5-6H2/t7-,8+. The van der Waals surface area contributed by atoms with E-state index in [1.807, 2.05) is 4.90 Å². The number of anilines is 1. The number of rotatable bonds is 1. The van der Waals surface area contributed by atoms with Gasteiger partial charge >= 0.3 is 0 Å². The molecule has 0 spiro atoms. The Balaban J connectivity index is 1.91. The fraction of sp³-hybridized carbons (Fsp3) is 0.455. The predicted octanol–water partition coefficient (Wildman–Crippen LogP) is 2.42. The normalized spacial score (nSPS) is 29.1. The minimum atomic E-state index is -0.359. The van der Waals surface area contributed by atoms with Gasteiger partial charge in [0.15, 0.2) is 0 Å². The van der Waals surface area contributed by atoms with Gasteiger partial charge in [-0.25, -0.2) is 8.78 Å². The first kappa shape index (κ1) is 8.21. The van der Waals surface area contributed by atoms with Gasteiger partial charge in [0.1, 0.15) is 11.6 Å². The first-order valence-corrected chi connectivity index (χ1v) is 4.94. The van der Waals surface area contributed by atoms with Crippen molar-refractivity contribution in [2.24, 2.45) is 11.8 Å². The fourth-order valence-corrected chi connectivity index (χ4v) is 2.32. The Morgan fingerprint density at radius 1 is 1.14 bits per heavy atom. The van der Waals surface area contributed by atoms with Gasteiger partial charge in [0.05, 0.1) is 5.69 Å². The molecule has 3 rings (SSSR count). The Morgan fingerprint density at radius 2 is 1.86 bits per heavy atom. The third kappa shape index (κ3) is 1.19. The highest BCUT2D eigenvalue weighted by Gasteiger charge is 2.45. The smallest absolute Gasteiger partial charge is 0.146 e. The molecule has 1 aliphatic heterocycles. The van der Waals surface area contributed by atoms with E-state index in [1.165, 1.54) is 18.6 Å². The zero-order valence-corrected chi connectivity index (χ0v) is 7.71. The highest BCUT2D eigenvalue weighted by molar-refractivity contribution is 5.50. The zero-order valence-electron chi connectivity index (χ0n) is 7.71. The third-order valence-electron chi connectivity index (χ3n) is 3.23. The number of hydrogen-bond acceptors (Lipinski definition) is 1. The fourth-order valence-electron chi connectivity index (χ4n) is 2.32. The molecule has 2 fully saturated rings. The van der Waals surface area contributed by atoms with Crippen molar-refractivity contribution in [3.63, 3.8) is 0 Å². The summed E-state index contributed by atoms with van der Waals surface area (Å²) < 4.78 is 26.3. The Labute approximate surface area is 81.3 Å². The minimum Gasteiger partial charge on any atom is -0.369 e. The van der Waals surface area contributed by atoms with Crippen LogP contribution in [-0.2, 0) is 0 Å². The van der Waals surface area contributed by atoms with Crippen LogP contribution in [-0.4, -0.2) is 13.1 Å². The summed E-state index contributed by atoms with van der Waals surface area (Å²) in [6.07, 6.45) is 1.27. The molecule has 14 heavy (non-hydrogen) atoms. The second-order valence-electron chi connectivity index (χ2n) is 4.26. The van der Waals surface area contributed by atoms with E-state index in [9.17, 15) is 8.78 Å². The molecule has 0 bridgehead atoms. The van der Waals surface area contributed by atoms with Crippen LogP contribution in [0.3, 0.4) is 0 Å². The Bertz CT molecular complexity index is 368. The van der Waals surface area contributed by atoms with Crippen molar-refractivity contribution in [3.05, 3.63) is 29.8 Å². The van der Waals surface area contributed by atoms with Gasteiger partial charge < -0.3 is 4.90 Å². The minimum absolute atomic E-state index is 0.312. The molecule has 0 unspecified atom stereocenters. The summed E-state index contributed by atoms with van der Waals surface area (Å²) >= 11 is 0. The van der Waals surface area contributed by atoms with Gasteiger partial charge in [-0.1, -0.05) is 0 Å². The van der Waals surface area contributed by atoms with Crippen molar-refractivity contribution in [1.82, 2.24) is 0 Å². The van der Waals surface area contributed by atoms with E-state index in [4.69, 9.17) is 0 Å². The maximum absolute atomic E-state index is 13.4. The van der Waals surface area contributed by atoms with E-state index in [0.29, 0.717) is 5.69 Å². The highest BCUT2D eigenvalue weighted by Crippen LogP contribution is 2.46.